The summed E-state index contributed by atoms with van der Waals surface area (Å²) < 4.78 is 36.8. The van der Waals surface area contributed by atoms with E-state index in [1.807, 2.05) is 0 Å². The van der Waals surface area contributed by atoms with Crippen LogP contribution in [0, 0.1) is 0 Å². The summed E-state index contributed by atoms with van der Waals surface area (Å²) in [5.74, 6) is 0. The van der Waals surface area contributed by atoms with E-state index in [9.17, 15) is 18.3 Å². The molecule has 0 aliphatic rings. The molecule has 4 heteroatoms. The Morgan fingerprint density at radius 3 is 1.92 bits per heavy atom. The molecule has 0 aliphatic heterocycles. The van der Waals surface area contributed by atoms with Gasteiger partial charge in [0.1, 0.15) is 0 Å². The number of hydrogen-bond donors (Lipinski definition) is 1. The van der Waals surface area contributed by atoms with Crippen molar-refractivity contribution in [2.24, 2.45) is 0 Å². The van der Waals surface area contributed by atoms with E-state index in [1.165, 1.54) is 24.3 Å². The van der Waals surface area contributed by atoms with Gasteiger partial charge in [0.2, 0.25) is 0 Å². The average Bonchev–Trinajstić information content (AvgIpc) is 2.04. The largest absolute Gasteiger partial charge is 0.421 e. The van der Waals surface area contributed by atoms with E-state index in [0.29, 0.717) is 0 Å². The number of benzene rings is 1. The first-order valence-electron chi connectivity index (χ1n) is 3.70. The molecule has 0 heterocycles. The lowest BCUT2D eigenvalue weighted by atomic mass is 9.96. The molecule has 0 amide bonds. The Kier molecular flexibility index (Phi) is 2.34. The quantitative estimate of drug-likeness (QED) is 0.721. The summed E-state index contributed by atoms with van der Waals surface area (Å²) in [5, 5.41) is 9.20. The van der Waals surface area contributed by atoms with Gasteiger partial charge in [0.15, 0.2) is 5.60 Å². The molecule has 1 aromatic rings. The van der Waals surface area contributed by atoms with Crippen LogP contribution in [0.2, 0.25) is 0 Å². The van der Waals surface area contributed by atoms with Gasteiger partial charge in [-0.05, 0) is 12.5 Å². The molecule has 0 fully saturated rings. The third kappa shape index (κ3) is 1.83. The third-order valence-electron chi connectivity index (χ3n) is 1.89. The van der Waals surface area contributed by atoms with Crippen molar-refractivity contribution in [3.05, 3.63) is 35.9 Å². The Labute approximate surface area is 73.8 Å². The zero-order valence-electron chi connectivity index (χ0n) is 6.97. The summed E-state index contributed by atoms with van der Waals surface area (Å²) in [4.78, 5) is 0. The second-order valence-corrected chi connectivity index (χ2v) is 2.94. The van der Waals surface area contributed by atoms with Crippen molar-refractivity contribution >= 4 is 0 Å². The fraction of sp³-hybridized carbons (Fsp3) is 0.333. The first kappa shape index (κ1) is 10.1. The minimum Gasteiger partial charge on any atom is -0.376 e. The summed E-state index contributed by atoms with van der Waals surface area (Å²) in [6.07, 6.45) is -4.64. The van der Waals surface area contributed by atoms with E-state index in [4.69, 9.17) is 0 Å². The highest BCUT2D eigenvalue weighted by Crippen LogP contribution is 2.37. The average molecular weight is 190 g/mol. The zero-order valence-corrected chi connectivity index (χ0v) is 6.97. The Morgan fingerprint density at radius 1 is 1.08 bits per heavy atom. The zero-order chi connectivity index (χ0) is 10.1. The lowest BCUT2D eigenvalue weighted by molar-refractivity contribution is -0.258. The standard InChI is InChI=1S/C9H9F3O/c1-8(13,9(10,11)12)7-5-3-2-4-6-7/h2-6,13H,1H3/t8-/m1/s1. The van der Waals surface area contributed by atoms with Crippen molar-refractivity contribution in [2.45, 2.75) is 18.7 Å². The van der Waals surface area contributed by atoms with E-state index >= 15 is 0 Å². The second-order valence-electron chi connectivity index (χ2n) is 2.94. The molecule has 0 aromatic heterocycles. The van der Waals surface area contributed by atoms with Crippen LogP contribution in [0.4, 0.5) is 13.2 Å². The highest BCUT2D eigenvalue weighted by molar-refractivity contribution is 5.22. The molecule has 13 heavy (non-hydrogen) atoms. The molecule has 0 radical (unpaired) electrons. The Balaban J connectivity index is 3.08. The minimum absolute atomic E-state index is 0.150. The SMILES string of the molecule is C[C@@](O)(c1ccccc1)C(F)(F)F. The normalized spacial score (nSPS) is 16.7. The van der Waals surface area contributed by atoms with Crippen LogP contribution in [0.5, 0.6) is 0 Å². The summed E-state index contributed by atoms with van der Waals surface area (Å²) in [6.45, 7) is 0.738. The monoisotopic (exact) mass is 190 g/mol. The maximum atomic E-state index is 12.3. The molecule has 0 spiro atoms. The van der Waals surface area contributed by atoms with E-state index in [-0.39, 0.29) is 5.56 Å². The molecule has 1 rings (SSSR count). The molecule has 0 unspecified atom stereocenters. The van der Waals surface area contributed by atoms with Crippen molar-refractivity contribution in [3.8, 4) is 0 Å². The van der Waals surface area contributed by atoms with Crippen LogP contribution in [-0.2, 0) is 5.60 Å². The highest BCUT2D eigenvalue weighted by atomic mass is 19.4. The minimum atomic E-state index is -4.64. The Bertz CT molecular complexity index is 277. The fourth-order valence-corrected chi connectivity index (χ4v) is 0.926. The predicted molar refractivity (Wildman–Crippen MR) is 42.1 cm³/mol. The predicted octanol–water partition coefficient (Wildman–Crippen LogP) is 2.46. The number of rotatable bonds is 1. The van der Waals surface area contributed by atoms with Crippen LogP contribution in [0.3, 0.4) is 0 Å². The maximum Gasteiger partial charge on any atom is 0.421 e. The van der Waals surface area contributed by atoms with Crippen LogP contribution in [0.25, 0.3) is 0 Å². The van der Waals surface area contributed by atoms with Gasteiger partial charge in [-0.1, -0.05) is 30.3 Å². The van der Waals surface area contributed by atoms with Crippen LogP contribution < -0.4 is 0 Å². The van der Waals surface area contributed by atoms with Gasteiger partial charge in [-0.2, -0.15) is 13.2 Å². The lowest BCUT2D eigenvalue weighted by Gasteiger charge is -2.26. The molecule has 72 valence electrons. The third-order valence-corrected chi connectivity index (χ3v) is 1.89. The Hall–Kier alpha value is -1.03. The van der Waals surface area contributed by atoms with Gasteiger partial charge in [0.05, 0.1) is 0 Å². The van der Waals surface area contributed by atoms with Gasteiger partial charge in [-0.25, -0.2) is 0 Å². The van der Waals surface area contributed by atoms with Gasteiger partial charge in [0, 0.05) is 0 Å². The van der Waals surface area contributed by atoms with Crippen LogP contribution >= 0.6 is 0 Å². The topological polar surface area (TPSA) is 20.2 Å². The van der Waals surface area contributed by atoms with Crippen molar-refractivity contribution in [3.63, 3.8) is 0 Å². The Morgan fingerprint density at radius 2 is 1.54 bits per heavy atom. The van der Waals surface area contributed by atoms with Gasteiger partial charge in [-0.3, -0.25) is 0 Å². The lowest BCUT2D eigenvalue weighted by Crippen LogP contribution is -2.39. The number of hydrogen-bond acceptors (Lipinski definition) is 1. The van der Waals surface area contributed by atoms with Crippen LogP contribution in [-0.4, -0.2) is 11.3 Å². The number of alkyl halides is 3. The summed E-state index contributed by atoms with van der Waals surface area (Å²) in [6, 6.07) is 6.99. The van der Waals surface area contributed by atoms with E-state index in [2.05, 4.69) is 0 Å². The highest BCUT2D eigenvalue weighted by Gasteiger charge is 2.50. The molecule has 1 nitrogen and oxygen atoms in total. The van der Waals surface area contributed by atoms with E-state index in [0.717, 1.165) is 6.92 Å². The van der Waals surface area contributed by atoms with Gasteiger partial charge >= 0.3 is 6.18 Å². The fourth-order valence-electron chi connectivity index (χ4n) is 0.926. The number of halogens is 3. The second kappa shape index (κ2) is 3.03. The summed E-state index contributed by atoms with van der Waals surface area (Å²) in [5.41, 5.74) is -2.92. The van der Waals surface area contributed by atoms with Crippen molar-refractivity contribution in [1.29, 1.82) is 0 Å². The van der Waals surface area contributed by atoms with Crippen molar-refractivity contribution in [2.75, 3.05) is 0 Å². The first-order chi connectivity index (χ1) is 5.86. The van der Waals surface area contributed by atoms with Gasteiger partial charge < -0.3 is 5.11 Å². The van der Waals surface area contributed by atoms with E-state index < -0.39 is 11.8 Å². The van der Waals surface area contributed by atoms with Crippen molar-refractivity contribution < 1.29 is 18.3 Å². The molecular formula is C9H9F3O. The van der Waals surface area contributed by atoms with Crippen LogP contribution in [0.15, 0.2) is 30.3 Å². The first-order valence-corrected chi connectivity index (χ1v) is 3.70. The smallest absolute Gasteiger partial charge is 0.376 e. The molecule has 0 saturated carbocycles. The van der Waals surface area contributed by atoms with E-state index in [1.54, 1.807) is 6.07 Å². The molecule has 1 N–H and O–H groups in total. The molecule has 0 bridgehead atoms. The summed E-state index contributed by atoms with van der Waals surface area (Å²) >= 11 is 0. The molecule has 1 aromatic carbocycles. The van der Waals surface area contributed by atoms with Gasteiger partial charge in [-0.15, -0.1) is 0 Å². The number of aliphatic hydroxyl groups is 1. The van der Waals surface area contributed by atoms with Crippen LogP contribution in [0.1, 0.15) is 12.5 Å². The maximum absolute atomic E-state index is 12.3. The molecule has 0 aliphatic carbocycles. The van der Waals surface area contributed by atoms with Crippen molar-refractivity contribution in [1.82, 2.24) is 0 Å². The van der Waals surface area contributed by atoms with Gasteiger partial charge in [0.25, 0.3) is 0 Å². The molecule has 0 saturated heterocycles. The molecule has 1 atom stereocenters. The summed E-state index contributed by atoms with van der Waals surface area (Å²) in [7, 11) is 0. The molecular weight excluding hydrogens is 181 g/mol.